The van der Waals surface area contributed by atoms with Gasteiger partial charge in [0.2, 0.25) is 5.91 Å². The van der Waals surface area contributed by atoms with Crippen molar-refractivity contribution in [2.75, 3.05) is 6.54 Å². The number of aromatic nitrogens is 2. The summed E-state index contributed by atoms with van der Waals surface area (Å²) >= 11 is 3.37. The van der Waals surface area contributed by atoms with E-state index in [1.54, 1.807) is 0 Å². The Bertz CT molecular complexity index is 637. The number of pyridine rings is 1. The number of halogens is 1. The van der Waals surface area contributed by atoms with Gasteiger partial charge >= 0.3 is 0 Å². The van der Waals surface area contributed by atoms with Crippen LogP contribution >= 0.6 is 15.9 Å². The lowest BCUT2D eigenvalue weighted by atomic mass is 10.0. The lowest BCUT2D eigenvalue weighted by Crippen LogP contribution is -2.24. The van der Waals surface area contributed by atoms with Gasteiger partial charge in [-0.2, -0.15) is 0 Å². The van der Waals surface area contributed by atoms with Gasteiger partial charge in [0, 0.05) is 31.1 Å². The lowest BCUT2D eigenvalue weighted by molar-refractivity contribution is -0.128. The molecular formula is C15H18BrN3O. The van der Waals surface area contributed by atoms with Crippen molar-refractivity contribution in [3.05, 3.63) is 28.5 Å². The van der Waals surface area contributed by atoms with Crippen molar-refractivity contribution in [1.29, 1.82) is 0 Å². The molecule has 1 fully saturated rings. The largest absolute Gasteiger partial charge is 0.346 e. The van der Waals surface area contributed by atoms with Gasteiger partial charge in [-0.15, -0.1) is 0 Å². The standard InChI is InChI=1S/C15H18BrN3O/c1-2-3-10-6-14(20)19(8-10)9-11-7-17-15-12(11)4-5-13(16)18-15/h4-5,7,10H,2-3,6,8-9H2,1H3,(H,17,18). The Balaban J connectivity index is 1.78. The minimum atomic E-state index is 0.280. The zero-order valence-electron chi connectivity index (χ0n) is 11.5. The summed E-state index contributed by atoms with van der Waals surface area (Å²) in [5, 5.41) is 1.10. The lowest BCUT2D eigenvalue weighted by Gasteiger charge is -2.16. The van der Waals surface area contributed by atoms with Gasteiger partial charge in [-0.25, -0.2) is 4.98 Å². The van der Waals surface area contributed by atoms with Gasteiger partial charge in [0.25, 0.3) is 0 Å². The topological polar surface area (TPSA) is 49.0 Å². The third-order valence-electron chi connectivity index (χ3n) is 3.94. The third-order valence-corrected chi connectivity index (χ3v) is 4.38. The number of carbonyl (C=O) groups is 1. The number of fused-ring (bicyclic) bond motifs is 1. The molecule has 0 aromatic carbocycles. The smallest absolute Gasteiger partial charge is 0.223 e. The average Bonchev–Trinajstić information content (AvgIpc) is 2.95. The van der Waals surface area contributed by atoms with Gasteiger partial charge in [-0.05, 0) is 46.0 Å². The highest BCUT2D eigenvalue weighted by molar-refractivity contribution is 9.10. The van der Waals surface area contributed by atoms with Crippen molar-refractivity contribution < 1.29 is 4.79 Å². The molecule has 2 aromatic rings. The van der Waals surface area contributed by atoms with Gasteiger partial charge in [0.1, 0.15) is 10.3 Å². The predicted octanol–water partition coefficient (Wildman–Crippen LogP) is 3.47. The van der Waals surface area contributed by atoms with E-state index in [-0.39, 0.29) is 5.91 Å². The summed E-state index contributed by atoms with van der Waals surface area (Å²) in [6.45, 7) is 3.75. The summed E-state index contributed by atoms with van der Waals surface area (Å²) in [6.07, 6.45) is 4.96. The van der Waals surface area contributed by atoms with Crippen LogP contribution in [0.5, 0.6) is 0 Å². The second-order valence-corrected chi connectivity index (χ2v) is 6.29. The molecule has 0 saturated carbocycles. The number of hydrogen-bond acceptors (Lipinski definition) is 2. The molecule has 0 aliphatic carbocycles. The van der Waals surface area contributed by atoms with Gasteiger partial charge in [0.15, 0.2) is 0 Å². The molecule has 0 radical (unpaired) electrons. The second-order valence-electron chi connectivity index (χ2n) is 5.48. The molecule has 1 unspecified atom stereocenters. The van der Waals surface area contributed by atoms with Crippen LogP contribution in [0.3, 0.4) is 0 Å². The fourth-order valence-corrected chi connectivity index (χ4v) is 3.29. The molecule has 3 heterocycles. The number of carbonyl (C=O) groups excluding carboxylic acids is 1. The van der Waals surface area contributed by atoms with E-state index < -0.39 is 0 Å². The minimum absolute atomic E-state index is 0.280. The maximum Gasteiger partial charge on any atom is 0.223 e. The average molecular weight is 336 g/mol. The van der Waals surface area contributed by atoms with E-state index in [1.807, 2.05) is 23.2 Å². The third kappa shape index (κ3) is 2.59. The van der Waals surface area contributed by atoms with Crippen molar-refractivity contribution in [3.8, 4) is 0 Å². The summed E-state index contributed by atoms with van der Waals surface area (Å²) in [7, 11) is 0. The Morgan fingerprint density at radius 1 is 1.50 bits per heavy atom. The van der Waals surface area contributed by atoms with E-state index in [4.69, 9.17) is 0 Å². The Morgan fingerprint density at radius 2 is 2.35 bits per heavy atom. The highest BCUT2D eigenvalue weighted by Crippen LogP contribution is 2.26. The minimum Gasteiger partial charge on any atom is -0.346 e. The molecule has 0 bridgehead atoms. The normalized spacial score (nSPS) is 19.2. The zero-order valence-corrected chi connectivity index (χ0v) is 13.1. The van der Waals surface area contributed by atoms with Crippen LogP contribution in [0.4, 0.5) is 0 Å². The molecule has 20 heavy (non-hydrogen) atoms. The highest BCUT2D eigenvalue weighted by atomic mass is 79.9. The van der Waals surface area contributed by atoms with Crippen LogP contribution in [0.25, 0.3) is 11.0 Å². The highest BCUT2D eigenvalue weighted by Gasteiger charge is 2.29. The Morgan fingerprint density at radius 3 is 3.15 bits per heavy atom. The summed E-state index contributed by atoms with van der Waals surface area (Å²) < 4.78 is 0.818. The first-order valence-electron chi connectivity index (χ1n) is 7.07. The quantitative estimate of drug-likeness (QED) is 0.869. The molecule has 1 atom stereocenters. The molecule has 3 rings (SSSR count). The summed E-state index contributed by atoms with van der Waals surface area (Å²) in [4.78, 5) is 21.6. The number of hydrogen-bond donors (Lipinski definition) is 1. The fourth-order valence-electron chi connectivity index (χ4n) is 2.98. The first-order valence-corrected chi connectivity index (χ1v) is 7.87. The number of nitrogens with zero attached hydrogens (tertiary/aromatic N) is 2. The maximum absolute atomic E-state index is 12.1. The number of rotatable bonds is 4. The molecule has 5 heteroatoms. The van der Waals surface area contributed by atoms with Crippen molar-refractivity contribution in [2.24, 2.45) is 5.92 Å². The second kappa shape index (κ2) is 5.56. The zero-order chi connectivity index (χ0) is 14.1. The predicted molar refractivity (Wildman–Crippen MR) is 82.2 cm³/mol. The van der Waals surface area contributed by atoms with Crippen molar-refractivity contribution >= 4 is 32.9 Å². The Labute approximate surface area is 126 Å². The number of likely N-dealkylation sites (tertiary alicyclic amines) is 1. The van der Waals surface area contributed by atoms with Crippen LogP contribution in [-0.4, -0.2) is 27.3 Å². The number of amides is 1. The van der Waals surface area contributed by atoms with E-state index >= 15 is 0 Å². The van der Waals surface area contributed by atoms with E-state index in [9.17, 15) is 4.79 Å². The number of nitrogens with one attached hydrogen (secondary N) is 1. The Kier molecular flexibility index (Phi) is 3.78. The number of H-pyrrole nitrogens is 1. The molecular weight excluding hydrogens is 318 g/mol. The van der Waals surface area contributed by atoms with E-state index in [2.05, 4.69) is 32.8 Å². The summed E-state index contributed by atoms with van der Waals surface area (Å²) in [5.41, 5.74) is 2.01. The van der Waals surface area contributed by atoms with Crippen LogP contribution in [0.2, 0.25) is 0 Å². The van der Waals surface area contributed by atoms with Crippen molar-refractivity contribution in [1.82, 2.24) is 14.9 Å². The van der Waals surface area contributed by atoms with E-state index in [0.717, 1.165) is 40.6 Å². The molecule has 1 amide bonds. The molecule has 1 aliphatic rings. The van der Waals surface area contributed by atoms with Crippen molar-refractivity contribution in [2.45, 2.75) is 32.7 Å². The van der Waals surface area contributed by atoms with Crippen LogP contribution in [-0.2, 0) is 11.3 Å². The SMILES string of the molecule is CCCC1CC(=O)N(Cc2c[nH]c3nc(Br)ccc23)C1. The first-order chi connectivity index (χ1) is 9.67. The molecule has 1 saturated heterocycles. The van der Waals surface area contributed by atoms with Gasteiger partial charge in [-0.3, -0.25) is 4.79 Å². The molecule has 4 nitrogen and oxygen atoms in total. The molecule has 1 N–H and O–H groups in total. The number of aromatic amines is 1. The monoisotopic (exact) mass is 335 g/mol. The summed E-state index contributed by atoms with van der Waals surface area (Å²) in [6, 6.07) is 3.98. The van der Waals surface area contributed by atoms with Crippen LogP contribution < -0.4 is 0 Å². The Hall–Kier alpha value is -1.36. The molecule has 2 aromatic heterocycles. The maximum atomic E-state index is 12.1. The van der Waals surface area contributed by atoms with Gasteiger partial charge in [-0.1, -0.05) is 13.3 Å². The fraction of sp³-hybridized carbons (Fsp3) is 0.467. The molecule has 106 valence electrons. The van der Waals surface area contributed by atoms with Crippen LogP contribution in [0, 0.1) is 5.92 Å². The van der Waals surface area contributed by atoms with Crippen LogP contribution in [0.1, 0.15) is 31.7 Å². The van der Waals surface area contributed by atoms with Crippen LogP contribution in [0.15, 0.2) is 22.9 Å². The van der Waals surface area contributed by atoms with Crippen molar-refractivity contribution in [3.63, 3.8) is 0 Å². The first kappa shape index (κ1) is 13.6. The molecule has 0 spiro atoms. The molecule has 1 aliphatic heterocycles. The van der Waals surface area contributed by atoms with Gasteiger partial charge in [0.05, 0.1) is 0 Å². The van der Waals surface area contributed by atoms with E-state index in [0.29, 0.717) is 18.9 Å². The summed E-state index contributed by atoms with van der Waals surface area (Å²) in [5.74, 6) is 0.813. The van der Waals surface area contributed by atoms with Gasteiger partial charge < -0.3 is 9.88 Å². The van der Waals surface area contributed by atoms with E-state index in [1.165, 1.54) is 0 Å².